The fraction of sp³-hybridized carbons (Fsp3) is 0.632. The first kappa shape index (κ1) is 17.8. The summed E-state index contributed by atoms with van der Waals surface area (Å²) in [7, 11) is 0. The van der Waals surface area contributed by atoms with Gasteiger partial charge in [0.25, 0.3) is 0 Å². The summed E-state index contributed by atoms with van der Waals surface area (Å²) in [6, 6.07) is 8.11. The van der Waals surface area contributed by atoms with Gasteiger partial charge in [-0.05, 0) is 62.4 Å². The number of benzene rings is 1. The van der Waals surface area contributed by atoms with Gasteiger partial charge in [0.1, 0.15) is 0 Å². The zero-order valence-corrected chi connectivity index (χ0v) is 14.6. The predicted molar refractivity (Wildman–Crippen MR) is 96.9 cm³/mol. The zero-order chi connectivity index (χ0) is 16.5. The average Bonchev–Trinajstić information content (AvgIpc) is 2.55. The van der Waals surface area contributed by atoms with E-state index in [1.165, 1.54) is 37.9 Å². The molecule has 2 rings (SSSR count). The summed E-state index contributed by atoms with van der Waals surface area (Å²) >= 11 is 0. The number of hydrogen-bond acceptors (Lipinski definition) is 2. The van der Waals surface area contributed by atoms with Gasteiger partial charge in [0.05, 0.1) is 0 Å². The van der Waals surface area contributed by atoms with Crippen LogP contribution in [-0.4, -0.2) is 37.1 Å². The second-order valence-electron chi connectivity index (χ2n) is 6.91. The third-order valence-corrected chi connectivity index (χ3v) is 4.38. The smallest absolute Gasteiger partial charge is 0.319 e. The summed E-state index contributed by atoms with van der Waals surface area (Å²) in [6.07, 6.45) is 6.16. The molecule has 0 spiro atoms. The van der Waals surface area contributed by atoms with E-state index in [9.17, 15) is 4.79 Å². The number of nitrogens with zero attached hydrogens (tertiary/aromatic N) is 1. The molecule has 0 unspecified atom stereocenters. The normalized spacial score (nSPS) is 15.6. The van der Waals surface area contributed by atoms with Gasteiger partial charge in [-0.1, -0.05) is 32.4 Å². The molecular formula is C19H31N3O. The standard InChI is InChI=1S/C19H31N3O/c1-16(2)10-12-20-19(23)21-18-8-6-17(7-9-18)11-15-22-13-4-3-5-14-22/h6-9,16H,3-5,10-15H2,1-2H3,(H2,20,21,23). The maximum Gasteiger partial charge on any atom is 0.319 e. The van der Waals surface area contributed by atoms with E-state index in [2.05, 4.69) is 41.5 Å². The fourth-order valence-electron chi connectivity index (χ4n) is 2.87. The van der Waals surface area contributed by atoms with Crippen molar-refractivity contribution in [3.8, 4) is 0 Å². The van der Waals surface area contributed by atoms with E-state index < -0.39 is 0 Å². The molecule has 23 heavy (non-hydrogen) atoms. The molecule has 0 aliphatic carbocycles. The highest BCUT2D eigenvalue weighted by atomic mass is 16.2. The van der Waals surface area contributed by atoms with E-state index in [0.717, 1.165) is 31.6 Å². The van der Waals surface area contributed by atoms with Crippen molar-refractivity contribution < 1.29 is 4.79 Å². The van der Waals surface area contributed by atoms with Crippen LogP contribution in [0.25, 0.3) is 0 Å². The minimum atomic E-state index is -0.119. The summed E-state index contributed by atoms with van der Waals surface area (Å²) < 4.78 is 0. The Kier molecular flexibility index (Phi) is 7.40. The van der Waals surface area contributed by atoms with Crippen molar-refractivity contribution in [2.75, 3.05) is 31.5 Å². The first-order valence-corrected chi connectivity index (χ1v) is 8.99. The maximum atomic E-state index is 11.8. The van der Waals surface area contributed by atoms with Crippen LogP contribution in [0.4, 0.5) is 10.5 Å². The number of nitrogens with one attached hydrogen (secondary N) is 2. The molecule has 0 aromatic heterocycles. The summed E-state index contributed by atoms with van der Waals surface area (Å²) in [5, 5.41) is 5.78. The van der Waals surface area contributed by atoms with Crippen molar-refractivity contribution in [1.29, 1.82) is 0 Å². The van der Waals surface area contributed by atoms with E-state index in [4.69, 9.17) is 0 Å². The van der Waals surface area contributed by atoms with Crippen LogP contribution in [0.1, 0.15) is 45.1 Å². The number of urea groups is 1. The molecule has 1 aromatic carbocycles. The lowest BCUT2D eigenvalue weighted by atomic mass is 10.1. The number of hydrogen-bond donors (Lipinski definition) is 2. The summed E-state index contributed by atoms with van der Waals surface area (Å²) in [5.74, 6) is 0.606. The number of anilines is 1. The maximum absolute atomic E-state index is 11.8. The Morgan fingerprint density at radius 1 is 1.13 bits per heavy atom. The Morgan fingerprint density at radius 2 is 1.83 bits per heavy atom. The molecule has 1 aliphatic heterocycles. The van der Waals surface area contributed by atoms with Crippen molar-refractivity contribution in [2.45, 2.75) is 46.0 Å². The molecule has 1 aliphatic rings. The van der Waals surface area contributed by atoms with Crippen LogP contribution in [-0.2, 0) is 6.42 Å². The van der Waals surface area contributed by atoms with Gasteiger partial charge >= 0.3 is 6.03 Å². The molecule has 0 radical (unpaired) electrons. The quantitative estimate of drug-likeness (QED) is 0.801. The Balaban J connectivity index is 1.70. The summed E-state index contributed by atoms with van der Waals surface area (Å²) in [4.78, 5) is 14.3. The van der Waals surface area contributed by atoms with Crippen molar-refractivity contribution >= 4 is 11.7 Å². The number of carbonyl (C=O) groups excluding carboxylic acids is 1. The molecule has 0 saturated carbocycles. The Hall–Kier alpha value is -1.55. The monoisotopic (exact) mass is 317 g/mol. The van der Waals surface area contributed by atoms with Gasteiger partial charge in [0.15, 0.2) is 0 Å². The van der Waals surface area contributed by atoms with E-state index in [-0.39, 0.29) is 6.03 Å². The first-order chi connectivity index (χ1) is 11.1. The van der Waals surface area contributed by atoms with Crippen LogP contribution in [0.2, 0.25) is 0 Å². The van der Waals surface area contributed by atoms with E-state index in [1.807, 2.05) is 12.1 Å². The van der Waals surface area contributed by atoms with Gasteiger partial charge in [-0.2, -0.15) is 0 Å². The number of likely N-dealkylation sites (tertiary alicyclic amines) is 1. The van der Waals surface area contributed by atoms with Crippen molar-refractivity contribution in [3.05, 3.63) is 29.8 Å². The Bertz CT molecular complexity index is 464. The van der Waals surface area contributed by atoms with Crippen LogP contribution >= 0.6 is 0 Å². The second-order valence-corrected chi connectivity index (χ2v) is 6.91. The third-order valence-electron chi connectivity index (χ3n) is 4.38. The van der Waals surface area contributed by atoms with Crippen molar-refractivity contribution in [2.24, 2.45) is 5.92 Å². The third kappa shape index (κ3) is 7.04. The molecule has 0 atom stereocenters. The van der Waals surface area contributed by atoms with Gasteiger partial charge in [-0.15, -0.1) is 0 Å². The molecule has 1 heterocycles. The van der Waals surface area contributed by atoms with Gasteiger partial charge in [0.2, 0.25) is 0 Å². The van der Waals surface area contributed by atoms with Gasteiger partial charge in [-0.25, -0.2) is 4.79 Å². The van der Waals surface area contributed by atoms with Crippen LogP contribution in [0.3, 0.4) is 0 Å². The highest BCUT2D eigenvalue weighted by molar-refractivity contribution is 5.89. The largest absolute Gasteiger partial charge is 0.338 e. The molecule has 2 N–H and O–H groups in total. The molecule has 1 saturated heterocycles. The van der Waals surface area contributed by atoms with Crippen molar-refractivity contribution in [1.82, 2.24) is 10.2 Å². The molecule has 2 amide bonds. The number of amides is 2. The SMILES string of the molecule is CC(C)CCNC(=O)Nc1ccc(CCN2CCCCC2)cc1. The van der Waals surface area contributed by atoms with Crippen molar-refractivity contribution in [3.63, 3.8) is 0 Å². The van der Waals surface area contributed by atoms with Gasteiger partial charge in [0, 0.05) is 18.8 Å². The minimum absolute atomic E-state index is 0.119. The lowest BCUT2D eigenvalue weighted by Crippen LogP contribution is -2.31. The number of piperidine rings is 1. The highest BCUT2D eigenvalue weighted by Crippen LogP contribution is 2.13. The molecule has 128 valence electrons. The van der Waals surface area contributed by atoms with Crippen LogP contribution in [0.5, 0.6) is 0 Å². The highest BCUT2D eigenvalue weighted by Gasteiger charge is 2.09. The number of carbonyl (C=O) groups is 1. The zero-order valence-electron chi connectivity index (χ0n) is 14.6. The van der Waals surface area contributed by atoms with E-state index >= 15 is 0 Å². The summed E-state index contributed by atoms with van der Waals surface area (Å²) in [6.45, 7) is 8.66. The van der Waals surface area contributed by atoms with Gasteiger partial charge < -0.3 is 15.5 Å². The second kappa shape index (κ2) is 9.56. The number of rotatable bonds is 7. The fourth-order valence-corrected chi connectivity index (χ4v) is 2.87. The molecule has 4 nitrogen and oxygen atoms in total. The first-order valence-electron chi connectivity index (χ1n) is 8.99. The lowest BCUT2D eigenvalue weighted by Gasteiger charge is -2.26. The average molecular weight is 317 g/mol. The van der Waals surface area contributed by atoms with E-state index in [0.29, 0.717) is 5.92 Å². The van der Waals surface area contributed by atoms with Crippen LogP contribution < -0.4 is 10.6 Å². The lowest BCUT2D eigenvalue weighted by molar-refractivity contribution is 0.231. The Labute approximate surface area is 140 Å². The minimum Gasteiger partial charge on any atom is -0.338 e. The van der Waals surface area contributed by atoms with E-state index in [1.54, 1.807) is 0 Å². The molecule has 1 aromatic rings. The molecule has 0 bridgehead atoms. The molecular weight excluding hydrogens is 286 g/mol. The van der Waals surface area contributed by atoms with Crippen LogP contribution in [0, 0.1) is 5.92 Å². The molecule has 4 heteroatoms. The van der Waals surface area contributed by atoms with Gasteiger partial charge in [-0.3, -0.25) is 0 Å². The Morgan fingerprint density at radius 3 is 2.48 bits per heavy atom. The molecule has 1 fully saturated rings. The topological polar surface area (TPSA) is 44.4 Å². The summed E-state index contributed by atoms with van der Waals surface area (Å²) in [5.41, 5.74) is 2.19. The predicted octanol–water partition coefficient (Wildman–Crippen LogP) is 3.88. The van der Waals surface area contributed by atoms with Crippen LogP contribution in [0.15, 0.2) is 24.3 Å².